The number of carbonyl (C=O) groups is 1. The van der Waals surface area contributed by atoms with E-state index in [0.29, 0.717) is 6.54 Å². The molecule has 1 atom stereocenters. The van der Waals surface area contributed by atoms with Crippen molar-refractivity contribution in [2.45, 2.75) is 12.5 Å². The van der Waals surface area contributed by atoms with E-state index < -0.39 is 12.1 Å². The largest absolute Gasteiger partial charge is 0.469 e. The van der Waals surface area contributed by atoms with Gasteiger partial charge in [0, 0.05) is 12.2 Å². The summed E-state index contributed by atoms with van der Waals surface area (Å²) in [7, 11) is 1.31. The highest BCUT2D eigenvalue weighted by molar-refractivity contribution is 5.85. The van der Waals surface area contributed by atoms with Gasteiger partial charge < -0.3 is 15.2 Å². The topological polar surface area (TPSA) is 58.6 Å². The maximum Gasteiger partial charge on any atom is 0.308 e. The molecule has 2 rings (SSSR count). The summed E-state index contributed by atoms with van der Waals surface area (Å²) in [5.41, 5.74) is 0.919. The summed E-state index contributed by atoms with van der Waals surface area (Å²) in [5, 5.41) is 15.1. The minimum absolute atomic E-state index is 0.00290. The molecule has 0 spiro atoms. The number of nitrogens with one attached hydrogen (secondary N) is 1. The summed E-state index contributed by atoms with van der Waals surface area (Å²) >= 11 is 0. The van der Waals surface area contributed by atoms with Gasteiger partial charge in [0.15, 0.2) is 0 Å². The predicted octanol–water partition coefficient (Wildman–Crippen LogP) is 2.18. The van der Waals surface area contributed by atoms with Gasteiger partial charge in [-0.2, -0.15) is 0 Å². The smallest absolute Gasteiger partial charge is 0.308 e. The van der Waals surface area contributed by atoms with Crippen LogP contribution in [0.4, 0.5) is 5.69 Å². The summed E-state index contributed by atoms with van der Waals surface area (Å²) in [4.78, 5) is 11.0. The first kappa shape index (κ1) is 13.4. The second kappa shape index (κ2) is 6.20. The second-order valence-electron chi connectivity index (χ2n) is 4.38. The number of benzene rings is 2. The number of carbonyl (C=O) groups excluding carboxylic acids is 1. The first-order valence-electron chi connectivity index (χ1n) is 6.16. The number of hydrogen-bond acceptors (Lipinski definition) is 4. The van der Waals surface area contributed by atoms with Crippen molar-refractivity contribution in [2.24, 2.45) is 0 Å². The van der Waals surface area contributed by atoms with Crippen LogP contribution in [0.15, 0.2) is 42.5 Å². The molecule has 4 heteroatoms. The van der Waals surface area contributed by atoms with Crippen molar-refractivity contribution in [3.63, 3.8) is 0 Å². The van der Waals surface area contributed by atoms with E-state index >= 15 is 0 Å². The highest BCUT2D eigenvalue weighted by Crippen LogP contribution is 2.18. The standard InChI is InChI=1S/C15H17NO3/c1-19-15(18)9-14(17)10-16-13-7-6-11-4-2-3-5-12(11)8-13/h2-8,14,16-17H,9-10H2,1H3. The molecule has 0 aliphatic carbocycles. The molecule has 0 saturated carbocycles. The fraction of sp³-hybridized carbons (Fsp3) is 0.267. The molecule has 0 radical (unpaired) electrons. The first-order chi connectivity index (χ1) is 9.19. The van der Waals surface area contributed by atoms with Crippen LogP contribution in [-0.4, -0.2) is 30.8 Å². The van der Waals surface area contributed by atoms with E-state index in [4.69, 9.17) is 0 Å². The molecule has 0 aliphatic heterocycles. The van der Waals surface area contributed by atoms with Gasteiger partial charge in [-0.3, -0.25) is 4.79 Å². The molecule has 1 unspecified atom stereocenters. The van der Waals surface area contributed by atoms with Gasteiger partial charge >= 0.3 is 5.97 Å². The summed E-state index contributed by atoms with van der Waals surface area (Å²) in [6.45, 7) is 0.313. The van der Waals surface area contributed by atoms with E-state index in [1.165, 1.54) is 12.5 Å². The Hall–Kier alpha value is -2.07. The zero-order valence-corrected chi connectivity index (χ0v) is 10.8. The average Bonchev–Trinajstić information content (AvgIpc) is 2.44. The Morgan fingerprint density at radius 2 is 2.00 bits per heavy atom. The van der Waals surface area contributed by atoms with Gasteiger partial charge in [-0.1, -0.05) is 30.3 Å². The highest BCUT2D eigenvalue weighted by Gasteiger charge is 2.10. The number of fused-ring (bicyclic) bond motifs is 1. The van der Waals surface area contributed by atoms with Crippen molar-refractivity contribution < 1.29 is 14.6 Å². The summed E-state index contributed by atoms with van der Waals surface area (Å²) in [6.07, 6.45) is -0.754. The maximum absolute atomic E-state index is 11.0. The molecular formula is C15H17NO3. The normalized spacial score (nSPS) is 12.1. The van der Waals surface area contributed by atoms with Crippen LogP contribution in [0.1, 0.15) is 6.42 Å². The lowest BCUT2D eigenvalue weighted by atomic mass is 10.1. The molecule has 0 saturated heterocycles. The van der Waals surface area contributed by atoms with Crippen LogP contribution in [0.5, 0.6) is 0 Å². The van der Waals surface area contributed by atoms with E-state index in [1.807, 2.05) is 42.5 Å². The molecule has 2 N–H and O–H groups in total. The molecule has 19 heavy (non-hydrogen) atoms. The van der Waals surface area contributed by atoms with Gasteiger partial charge in [0.05, 0.1) is 19.6 Å². The van der Waals surface area contributed by atoms with Crippen LogP contribution < -0.4 is 5.32 Å². The van der Waals surface area contributed by atoms with Crippen LogP contribution in [0.2, 0.25) is 0 Å². The molecule has 0 bridgehead atoms. The number of aliphatic hydroxyl groups excluding tert-OH is 1. The van der Waals surface area contributed by atoms with Gasteiger partial charge in [0.25, 0.3) is 0 Å². The van der Waals surface area contributed by atoms with E-state index in [2.05, 4.69) is 10.1 Å². The number of methoxy groups -OCH3 is 1. The van der Waals surface area contributed by atoms with Gasteiger partial charge in [-0.05, 0) is 22.9 Å². The number of esters is 1. The molecule has 0 heterocycles. The zero-order chi connectivity index (χ0) is 13.7. The summed E-state index contributed by atoms with van der Waals surface area (Å²) in [5.74, 6) is -0.409. The molecule has 0 aromatic heterocycles. The third kappa shape index (κ3) is 3.69. The highest BCUT2D eigenvalue weighted by atomic mass is 16.5. The Morgan fingerprint density at radius 3 is 2.74 bits per heavy atom. The van der Waals surface area contributed by atoms with Crippen LogP contribution in [0.25, 0.3) is 10.8 Å². The Bertz CT molecular complexity index is 568. The number of hydrogen-bond donors (Lipinski definition) is 2. The number of anilines is 1. The minimum atomic E-state index is -0.751. The van der Waals surface area contributed by atoms with Gasteiger partial charge in [-0.15, -0.1) is 0 Å². The Morgan fingerprint density at radius 1 is 1.26 bits per heavy atom. The van der Waals surface area contributed by atoms with Crippen molar-refractivity contribution in [1.29, 1.82) is 0 Å². The van der Waals surface area contributed by atoms with Crippen LogP contribution in [0.3, 0.4) is 0 Å². The van der Waals surface area contributed by atoms with Gasteiger partial charge in [-0.25, -0.2) is 0 Å². The molecule has 0 fully saturated rings. The maximum atomic E-state index is 11.0. The van der Waals surface area contributed by atoms with Crippen molar-refractivity contribution in [3.05, 3.63) is 42.5 Å². The third-order valence-electron chi connectivity index (χ3n) is 2.92. The Balaban J connectivity index is 1.96. The fourth-order valence-corrected chi connectivity index (χ4v) is 1.88. The van der Waals surface area contributed by atoms with Crippen molar-refractivity contribution >= 4 is 22.4 Å². The summed E-state index contributed by atoms with van der Waals surface area (Å²) < 4.78 is 4.50. The first-order valence-corrected chi connectivity index (χ1v) is 6.16. The SMILES string of the molecule is COC(=O)CC(O)CNc1ccc2ccccc2c1. The Labute approximate surface area is 112 Å². The monoisotopic (exact) mass is 259 g/mol. The van der Waals surface area contributed by atoms with Crippen LogP contribution in [0, 0.1) is 0 Å². The molecule has 0 aliphatic rings. The quantitative estimate of drug-likeness (QED) is 0.808. The molecule has 0 amide bonds. The average molecular weight is 259 g/mol. The number of ether oxygens (including phenoxy) is 1. The fourth-order valence-electron chi connectivity index (χ4n) is 1.88. The lowest BCUT2D eigenvalue weighted by Gasteiger charge is -2.12. The van der Waals surface area contributed by atoms with E-state index in [-0.39, 0.29) is 6.42 Å². The molecular weight excluding hydrogens is 242 g/mol. The minimum Gasteiger partial charge on any atom is -0.469 e. The lowest BCUT2D eigenvalue weighted by Crippen LogP contribution is -2.23. The number of aliphatic hydroxyl groups is 1. The molecule has 2 aromatic rings. The van der Waals surface area contributed by atoms with Gasteiger partial charge in [0.1, 0.15) is 0 Å². The lowest BCUT2D eigenvalue weighted by molar-refractivity contribution is -0.142. The van der Waals surface area contributed by atoms with E-state index in [9.17, 15) is 9.90 Å². The second-order valence-corrected chi connectivity index (χ2v) is 4.38. The molecule has 4 nitrogen and oxygen atoms in total. The molecule has 2 aromatic carbocycles. The van der Waals surface area contributed by atoms with Crippen molar-refractivity contribution in [3.8, 4) is 0 Å². The van der Waals surface area contributed by atoms with Crippen molar-refractivity contribution in [2.75, 3.05) is 19.0 Å². The van der Waals surface area contributed by atoms with Crippen LogP contribution >= 0.6 is 0 Å². The molecule has 100 valence electrons. The third-order valence-corrected chi connectivity index (χ3v) is 2.92. The Kier molecular flexibility index (Phi) is 4.36. The number of rotatable bonds is 5. The van der Waals surface area contributed by atoms with Crippen molar-refractivity contribution in [1.82, 2.24) is 0 Å². The van der Waals surface area contributed by atoms with E-state index in [0.717, 1.165) is 11.1 Å². The summed E-state index contributed by atoms with van der Waals surface area (Å²) in [6, 6.07) is 14.0. The zero-order valence-electron chi connectivity index (χ0n) is 10.8. The van der Waals surface area contributed by atoms with Crippen LogP contribution in [-0.2, 0) is 9.53 Å². The van der Waals surface area contributed by atoms with Gasteiger partial charge in [0.2, 0.25) is 0 Å². The van der Waals surface area contributed by atoms with E-state index in [1.54, 1.807) is 0 Å². The predicted molar refractivity (Wildman–Crippen MR) is 75.1 cm³/mol.